The minimum absolute atomic E-state index is 0. The summed E-state index contributed by atoms with van der Waals surface area (Å²) in [4.78, 5) is 12.3. The average Bonchev–Trinajstić information content (AvgIpc) is 3.52. The van der Waals surface area contributed by atoms with E-state index in [0.717, 1.165) is 67.6 Å². The summed E-state index contributed by atoms with van der Waals surface area (Å²) in [5, 5.41) is 0. The molecule has 0 saturated carbocycles. The van der Waals surface area contributed by atoms with Gasteiger partial charge >= 0.3 is 21.1 Å². The molecular weight excluding hydrogens is 756 g/mol. The van der Waals surface area contributed by atoms with Crippen LogP contribution in [-0.2, 0) is 21.1 Å². The van der Waals surface area contributed by atoms with Crippen molar-refractivity contribution in [3.63, 3.8) is 0 Å². The largest absolute Gasteiger partial charge is 2.00 e. The third kappa shape index (κ3) is 5.80. The Bertz CT molecular complexity index is 2250. The van der Waals surface area contributed by atoms with Crippen LogP contribution in [-0.4, -0.2) is 14.5 Å². The summed E-state index contributed by atoms with van der Waals surface area (Å²) in [6.07, 6.45) is 1.81. The molecule has 8 aromatic rings. The Labute approximate surface area is 288 Å². The van der Waals surface area contributed by atoms with E-state index in [0.29, 0.717) is 0 Å². The molecule has 0 fully saturated rings. The van der Waals surface area contributed by atoms with Crippen molar-refractivity contribution in [1.82, 2.24) is 14.5 Å². The number of pyridine rings is 1. The van der Waals surface area contributed by atoms with Crippen molar-refractivity contribution in [2.75, 3.05) is 4.90 Å². The van der Waals surface area contributed by atoms with Crippen LogP contribution in [0.4, 0.5) is 17.3 Å². The Morgan fingerprint density at radius 1 is 0.574 bits per heavy atom. The van der Waals surface area contributed by atoms with Gasteiger partial charge in [0.05, 0.1) is 16.7 Å². The smallest absolute Gasteiger partial charge is 0.305 e. The van der Waals surface area contributed by atoms with Crippen LogP contribution in [0.2, 0.25) is 0 Å². The minimum Gasteiger partial charge on any atom is -0.305 e. The van der Waals surface area contributed by atoms with Gasteiger partial charge in [0.1, 0.15) is 0 Å². The SMILES string of the molecule is [Pt+2].[c-]1ccccc1-c1cccc2c1nc(N(c1[c-]c(-c3ccccn3)ccc1)c1ccccc1)n2-c1ccccc1-c1ccccc1. The molecule has 0 saturated heterocycles. The fourth-order valence-corrected chi connectivity index (χ4v) is 5.98. The molecule has 0 aliphatic heterocycles. The number of aromatic nitrogens is 3. The topological polar surface area (TPSA) is 34.0 Å². The normalized spacial score (nSPS) is 10.8. The fourth-order valence-electron chi connectivity index (χ4n) is 5.98. The first kappa shape index (κ1) is 30.1. The van der Waals surface area contributed by atoms with Gasteiger partial charge in [-0.15, -0.1) is 65.7 Å². The second kappa shape index (κ2) is 13.4. The molecule has 6 aromatic carbocycles. The molecule has 0 spiro atoms. The second-order valence-corrected chi connectivity index (χ2v) is 10.9. The predicted octanol–water partition coefficient (Wildman–Crippen LogP) is 10.5. The van der Waals surface area contributed by atoms with Crippen LogP contribution in [0.25, 0.3) is 50.2 Å². The molecule has 226 valence electrons. The zero-order valence-electron chi connectivity index (χ0n) is 25.3. The van der Waals surface area contributed by atoms with Gasteiger partial charge in [-0.1, -0.05) is 96.6 Å². The first-order valence-corrected chi connectivity index (χ1v) is 15.3. The molecule has 8 rings (SSSR count). The van der Waals surface area contributed by atoms with Crippen LogP contribution in [0.3, 0.4) is 0 Å². The number of rotatable bonds is 7. The number of para-hydroxylation sites is 3. The summed E-state index contributed by atoms with van der Waals surface area (Å²) in [7, 11) is 0. The number of hydrogen-bond donors (Lipinski definition) is 0. The number of anilines is 3. The zero-order chi connectivity index (χ0) is 30.7. The maximum absolute atomic E-state index is 5.49. The molecule has 5 heteroatoms. The van der Waals surface area contributed by atoms with Crippen LogP contribution in [0.5, 0.6) is 0 Å². The van der Waals surface area contributed by atoms with E-state index in [2.05, 4.69) is 136 Å². The van der Waals surface area contributed by atoms with Gasteiger partial charge in [0.2, 0.25) is 5.95 Å². The van der Waals surface area contributed by atoms with Crippen molar-refractivity contribution in [3.05, 3.63) is 182 Å². The predicted molar refractivity (Wildman–Crippen MR) is 188 cm³/mol. The Hall–Kier alpha value is -5.57. The monoisotopic (exact) mass is 783 g/mol. The number of imidazole rings is 1. The van der Waals surface area contributed by atoms with E-state index < -0.39 is 0 Å². The van der Waals surface area contributed by atoms with Crippen LogP contribution in [0, 0.1) is 12.1 Å². The van der Waals surface area contributed by atoms with Gasteiger partial charge in [-0.05, 0) is 47.3 Å². The van der Waals surface area contributed by atoms with Crippen molar-refractivity contribution < 1.29 is 21.1 Å². The van der Waals surface area contributed by atoms with Crippen molar-refractivity contribution >= 4 is 28.4 Å². The number of benzene rings is 6. The van der Waals surface area contributed by atoms with Gasteiger partial charge in [0, 0.05) is 17.4 Å². The standard InChI is InChI=1S/C42H28N4.Pt/c1-4-16-31(17-5-1)36-24-10-11-27-39(36)46-40-28-15-25-37(32-18-6-2-7-19-32)41(40)44-42(46)45(34-21-8-3-9-22-34)35-23-14-20-33(30-35)38-26-12-13-29-43-38;/h1-18,20-29H;/q-2;+2. The van der Waals surface area contributed by atoms with Crippen LogP contribution >= 0.6 is 0 Å². The molecule has 4 nitrogen and oxygen atoms in total. The molecule has 2 heterocycles. The molecule has 0 amide bonds. The summed E-state index contributed by atoms with van der Waals surface area (Å²) in [5.41, 5.74) is 10.8. The van der Waals surface area contributed by atoms with Crippen LogP contribution in [0.15, 0.2) is 170 Å². The van der Waals surface area contributed by atoms with Crippen LogP contribution in [0.1, 0.15) is 0 Å². The second-order valence-electron chi connectivity index (χ2n) is 10.9. The quantitative estimate of drug-likeness (QED) is 0.151. The van der Waals surface area contributed by atoms with E-state index in [-0.39, 0.29) is 21.1 Å². The Balaban J connectivity index is 0.00000351. The molecular formula is C42H28N4Pt. The third-order valence-corrected chi connectivity index (χ3v) is 8.07. The molecule has 0 aliphatic rings. The van der Waals surface area contributed by atoms with Gasteiger partial charge in [-0.3, -0.25) is 9.47 Å². The van der Waals surface area contributed by atoms with Gasteiger partial charge in [-0.2, -0.15) is 0 Å². The Kier molecular flexibility index (Phi) is 8.60. The minimum atomic E-state index is 0. The van der Waals surface area contributed by atoms with Gasteiger partial charge in [0.15, 0.2) is 0 Å². The van der Waals surface area contributed by atoms with Crippen molar-refractivity contribution in [2.45, 2.75) is 0 Å². The van der Waals surface area contributed by atoms with Gasteiger partial charge in [-0.25, -0.2) is 4.98 Å². The van der Waals surface area contributed by atoms with E-state index in [1.54, 1.807) is 0 Å². The first-order valence-electron chi connectivity index (χ1n) is 15.3. The fraction of sp³-hybridized carbons (Fsp3) is 0. The van der Waals surface area contributed by atoms with E-state index >= 15 is 0 Å². The van der Waals surface area contributed by atoms with Crippen LogP contribution < -0.4 is 4.90 Å². The summed E-state index contributed by atoms with van der Waals surface area (Å²) in [6, 6.07) is 63.1. The number of nitrogens with zero attached hydrogens (tertiary/aromatic N) is 4. The van der Waals surface area contributed by atoms with Gasteiger partial charge in [0.25, 0.3) is 0 Å². The molecule has 2 aromatic heterocycles. The maximum Gasteiger partial charge on any atom is 2.00 e. The van der Waals surface area contributed by atoms with E-state index in [1.165, 1.54) is 0 Å². The molecule has 0 unspecified atom stereocenters. The third-order valence-electron chi connectivity index (χ3n) is 8.07. The van der Waals surface area contributed by atoms with E-state index in [1.807, 2.05) is 60.8 Å². The average molecular weight is 784 g/mol. The molecule has 0 aliphatic carbocycles. The summed E-state index contributed by atoms with van der Waals surface area (Å²) < 4.78 is 2.28. The maximum atomic E-state index is 5.49. The summed E-state index contributed by atoms with van der Waals surface area (Å²) in [6.45, 7) is 0. The van der Waals surface area contributed by atoms with Gasteiger partial charge < -0.3 is 4.98 Å². The van der Waals surface area contributed by atoms with E-state index in [4.69, 9.17) is 4.98 Å². The molecule has 0 radical (unpaired) electrons. The Morgan fingerprint density at radius 2 is 1.28 bits per heavy atom. The number of fused-ring (bicyclic) bond motifs is 1. The molecule has 47 heavy (non-hydrogen) atoms. The zero-order valence-corrected chi connectivity index (χ0v) is 27.5. The molecule has 0 N–H and O–H groups in total. The number of hydrogen-bond acceptors (Lipinski definition) is 3. The molecule has 0 bridgehead atoms. The van der Waals surface area contributed by atoms with Crippen molar-refractivity contribution in [2.24, 2.45) is 0 Å². The first-order chi connectivity index (χ1) is 22.8. The van der Waals surface area contributed by atoms with Crippen molar-refractivity contribution in [3.8, 4) is 39.2 Å². The summed E-state index contributed by atoms with van der Waals surface area (Å²) >= 11 is 0. The van der Waals surface area contributed by atoms with E-state index in [9.17, 15) is 0 Å². The van der Waals surface area contributed by atoms with Crippen molar-refractivity contribution in [1.29, 1.82) is 0 Å². The Morgan fingerprint density at radius 3 is 2.06 bits per heavy atom. The summed E-state index contributed by atoms with van der Waals surface area (Å²) in [5.74, 6) is 0.752. The molecule has 0 atom stereocenters.